The molecule has 0 aliphatic heterocycles. The highest BCUT2D eigenvalue weighted by Crippen LogP contribution is 2.39. The second-order valence-electron chi connectivity index (χ2n) is 3.85. The maximum absolute atomic E-state index is 6.47. The number of halogens is 2. The van der Waals surface area contributed by atoms with Gasteiger partial charge in [0.1, 0.15) is 0 Å². The Morgan fingerprint density at radius 3 is 2.53 bits per heavy atom. The number of unbranched alkanes of at least 4 members (excludes halogenated alkanes) is 1. The number of hydrogen-bond acceptors (Lipinski definition) is 1. The summed E-state index contributed by atoms with van der Waals surface area (Å²) in [5, 5.41) is 0.138. The lowest BCUT2D eigenvalue weighted by Crippen LogP contribution is -2.05. The van der Waals surface area contributed by atoms with Gasteiger partial charge in [-0.2, -0.15) is 0 Å². The van der Waals surface area contributed by atoms with E-state index in [2.05, 4.69) is 19.9 Å². The molecule has 0 nitrogen and oxygen atoms in total. The van der Waals surface area contributed by atoms with Gasteiger partial charge in [-0.25, -0.2) is 0 Å². The molecule has 1 heterocycles. The fourth-order valence-electron chi connectivity index (χ4n) is 1.73. The molecule has 0 amide bonds. The highest BCUT2D eigenvalue weighted by molar-refractivity contribution is 7.16. The minimum atomic E-state index is 0.138. The standard InChI is InChI=1S/C12H18Cl2S/c1-3-5-6-9(4-2)12(14)10-7-8-11(13)15-10/h7-9,12H,3-6H2,1-2H3. The number of alkyl halides is 1. The van der Waals surface area contributed by atoms with Crippen LogP contribution < -0.4 is 0 Å². The van der Waals surface area contributed by atoms with Crippen molar-refractivity contribution < 1.29 is 0 Å². The van der Waals surface area contributed by atoms with Crippen molar-refractivity contribution in [1.82, 2.24) is 0 Å². The highest BCUT2D eigenvalue weighted by atomic mass is 35.5. The largest absolute Gasteiger partial charge is 0.127 e. The molecule has 1 aromatic rings. The van der Waals surface area contributed by atoms with Crippen LogP contribution in [0, 0.1) is 5.92 Å². The zero-order valence-corrected chi connectivity index (χ0v) is 11.6. The van der Waals surface area contributed by atoms with Gasteiger partial charge < -0.3 is 0 Å². The maximum atomic E-state index is 6.47. The van der Waals surface area contributed by atoms with Crippen LogP contribution in [0.4, 0.5) is 0 Å². The third-order valence-corrected chi connectivity index (χ3v) is 4.77. The molecule has 3 heteroatoms. The Balaban J connectivity index is 2.59. The van der Waals surface area contributed by atoms with E-state index >= 15 is 0 Å². The van der Waals surface area contributed by atoms with Gasteiger partial charge in [0.25, 0.3) is 0 Å². The van der Waals surface area contributed by atoms with Crippen LogP contribution in [0.2, 0.25) is 4.34 Å². The summed E-state index contributed by atoms with van der Waals surface area (Å²) in [6, 6.07) is 3.99. The van der Waals surface area contributed by atoms with Gasteiger partial charge in [-0.05, 0) is 24.5 Å². The third-order valence-electron chi connectivity index (χ3n) is 2.73. The van der Waals surface area contributed by atoms with Crippen LogP contribution in [0.3, 0.4) is 0 Å². The monoisotopic (exact) mass is 264 g/mol. The predicted molar refractivity (Wildman–Crippen MR) is 71.2 cm³/mol. The molecule has 0 saturated carbocycles. The molecule has 0 N–H and O–H groups in total. The topological polar surface area (TPSA) is 0 Å². The molecule has 1 aromatic heterocycles. The van der Waals surface area contributed by atoms with Gasteiger partial charge >= 0.3 is 0 Å². The van der Waals surface area contributed by atoms with Crippen LogP contribution in [0.5, 0.6) is 0 Å². The highest BCUT2D eigenvalue weighted by Gasteiger charge is 2.20. The number of hydrogen-bond donors (Lipinski definition) is 0. The Hall–Kier alpha value is 0.280. The lowest BCUT2D eigenvalue weighted by molar-refractivity contribution is 0.440. The van der Waals surface area contributed by atoms with E-state index in [0.717, 1.165) is 10.8 Å². The van der Waals surface area contributed by atoms with Crippen LogP contribution in [-0.2, 0) is 0 Å². The van der Waals surface area contributed by atoms with Crippen LogP contribution in [0.25, 0.3) is 0 Å². The molecule has 86 valence electrons. The fraction of sp³-hybridized carbons (Fsp3) is 0.667. The molecule has 2 atom stereocenters. The molecule has 15 heavy (non-hydrogen) atoms. The smallest absolute Gasteiger partial charge is 0.0931 e. The van der Waals surface area contributed by atoms with E-state index in [9.17, 15) is 0 Å². The van der Waals surface area contributed by atoms with Crippen molar-refractivity contribution in [2.75, 3.05) is 0 Å². The Kier molecular flexibility index (Phi) is 6.03. The van der Waals surface area contributed by atoms with E-state index in [4.69, 9.17) is 23.2 Å². The molecule has 0 saturated heterocycles. The van der Waals surface area contributed by atoms with E-state index in [1.54, 1.807) is 11.3 Å². The molecule has 0 aliphatic rings. The van der Waals surface area contributed by atoms with E-state index in [0.29, 0.717) is 5.92 Å². The zero-order chi connectivity index (χ0) is 11.3. The van der Waals surface area contributed by atoms with Gasteiger partial charge in [-0.15, -0.1) is 22.9 Å². The van der Waals surface area contributed by atoms with Gasteiger partial charge in [0.2, 0.25) is 0 Å². The first-order valence-electron chi connectivity index (χ1n) is 5.58. The molecule has 0 bridgehead atoms. The summed E-state index contributed by atoms with van der Waals surface area (Å²) in [6.07, 6.45) is 4.87. The van der Waals surface area contributed by atoms with Crippen LogP contribution in [-0.4, -0.2) is 0 Å². The third kappa shape index (κ3) is 3.97. The molecule has 0 aliphatic carbocycles. The second-order valence-corrected chi connectivity index (χ2v) is 6.07. The van der Waals surface area contributed by atoms with Crippen molar-refractivity contribution in [2.45, 2.75) is 44.9 Å². The van der Waals surface area contributed by atoms with Crippen molar-refractivity contribution in [3.63, 3.8) is 0 Å². The molecule has 0 aromatic carbocycles. The first-order chi connectivity index (χ1) is 7.19. The minimum absolute atomic E-state index is 0.138. The maximum Gasteiger partial charge on any atom is 0.0931 e. The van der Waals surface area contributed by atoms with Gasteiger partial charge in [-0.1, -0.05) is 44.7 Å². The lowest BCUT2D eigenvalue weighted by Gasteiger charge is -2.19. The second kappa shape index (κ2) is 6.78. The zero-order valence-electron chi connectivity index (χ0n) is 9.30. The molecule has 0 fully saturated rings. The average Bonchev–Trinajstić information content (AvgIpc) is 2.65. The first kappa shape index (κ1) is 13.3. The Morgan fingerprint density at radius 1 is 1.33 bits per heavy atom. The Morgan fingerprint density at radius 2 is 2.07 bits per heavy atom. The fourth-order valence-corrected chi connectivity index (χ4v) is 3.38. The average molecular weight is 265 g/mol. The summed E-state index contributed by atoms with van der Waals surface area (Å²) in [7, 11) is 0. The summed E-state index contributed by atoms with van der Waals surface area (Å²) in [5.41, 5.74) is 0. The van der Waals surface area contributed by atoms with Crippen molar-refractivity contribution in [3.8, 4) is 0 Å². The van der Waals surface area contributed by atoms with Crippen molar-refractivity contribution in [2.24, 2.45) is 5.92 Å². The molecule has 0 radical (unpaired) electrons. The van der Waals surface area contributed by atoms with Gasteiger partial charge in [0, 0.05) is 4.88 Å². The van der Waals surface area contributed by atoms with Gasteiger partial charge in [0.05, 0.1) is 9.71 Å². The normalized spacial score (nSPS) is 15.2. The van der Waals surface area contributed by atoms with E-state index in [-0.39, 0.29) is 5.38 Å². The number of thiophene rings is 1. The molecule has 0 spiro atoms. The SMILES string of the molecule is CCCCC(CC)C(Cl)c1ccc(Cl)s1. The van der Waals surface area contributed by atoms with Crippen molar-refractivity contribution in [3.05, 3.63) is 21.3 Å². The van der Waals surface area contributed by atoms with E-state index < -0.39 is 0 Å². The van der Waals surface area contributed by atoms with Crippen LogP contribution in [0.15, 0.2) is 12.1 Å². The predicted octanol–water partition coefficient (Wildman–Crippen LogP) is 5.90. The summed E-state index contributed by atoms with van der Waals surface area (Å²) < 4.78 is 0.834. The molecule has 1 rings (SSSR count). The number of rotatable bonds is 6. The van der Waals surface area contributed by atoms with E-state index in [1.165, 1.54) is 24.1 Å². The van der Waals surface area contributed by atoms with E-state index in [1.807, 2.05) is 6.07 Å². The molecule has 2 unspecified atom stereocenters. The first-order valence-corrected chi connectivity index (χ1v) is 7.21. The Bertz CT molecular complexity index is 283. The molecular weight excluding hydrogens is 247 g/mol. The minimum Gasteiger partial charge on any atom is -0.127 e. The lowest BCUT2D eigenvalue weighted by atomic mass is 9.95. The quantitative estimate of drug-likeness (QED) is 0.562. The van der Waals surface area contributed by atoms with Crippen LogP contribution in [0.1, 0.15) is 49.8 Å². The van der Waals surface area contributed by atoms with Crippen molar-refractivity contribution in [1.29, 1.82) is 0 Å². The summed E-state index contributed by atoms with van der Waals surface area (Å²) in [6.45, 7) is 4.43. The Labute approximate surface area is 107 Å². The summed E-state index contributed by atoms with van der Waals surface area (Å²) in [4.78, 5) is 1.21. The van der Waals surface area contributed by atoms with Gasteiger partial charge in [-0.3, -0.25) is 0 Å². The summed E-state index contributed by atoms with van der Waals surface area (Å²) >= 11 is 14.0. The molecular formula is C12H18Cl2S. The van der Waals surface area contributed by atoms with Crippen LogP contribution >= 0.6 is 34.5 Å². The summed E-state index contributed by atoms with van der Waals surface area (Å²) in [5.74, 6) is 0.585. The van der Waals surface area contributed by atoms with Crippen molar-refractivity contribution >= 4 is 34.5 Å². The van der Waals surface area contributed by atoms with Gasteiger partial charge in [0.15, 0.2) is 0 Å².